The molecule has 0 spiro atoms. The average Bonchev–Trinajstić information content (AvgIpc) is 2.30. The number of carboxylic acid groups (broad SMARTS) is 1. The monoisotopic (exact) mass is 296 g/mol. The minimum Gasteiger partial charge on any atom is -0.478 e. The molecule has 0 amide bonds. The van der Waals surface area contributed by atoms with Crippen LogP contribution >= 0.6 is 15.9 Å². The summed E-state index contributed by atoms with van der Waals surface area (Å²) in [5, 5.41) is 12.1. The van der Waals surface area contributed by atoms with Crippen LogP contribution in [0.3, 0.4) is 0 Å². The number of terminal acetylenes is 1. The summed E-state index contributed by atoms with van der Waals surface area (Å²) in [5.41, 5.74) is 0.134. The molecule has 0 aliphatic carbocycles. The Kier molecular flexibility index (Phi) is 4.98. The maximum atomic E-state index is 11.1. The summed E-state index contributed by atoms with van der Waals surface area (Å²) in [6.07, 6.45) is 8.14. The maximum Gasteiger partial charge on any atom is 0.339 e. The molecule has 0 saturated heterocycles. The molecule has 17 heavy (non-hydrogen) atoms. The Bertz CT molecular complexity index is 454. The first-order chi connectivity index (χ1) is 8.08. The van der Waals surface area contributed by atoms with Crippen molar-refractivity contribution in [1.82, 2.24) is 4.98 Å². The Labute approximate surface area is 109 Å². The highest BCUT2D eigenvalue weighted by atomic mass is 79.9. The van der Waals surface area contributed by atoms with Crippen molar-refractivity contribution in [2.75, 3.05) is 5.32 Å². The number of aromatic carboxylic acids is 1. The van der Waals surface area contributed by atoms with Crippen LogP contribution in [0.1, 0.15) is 30.1 Å². The lowest BCUT2D eigenvalue weighted by Crippen LogP contribution is -2.20. The molecule has 1 unspecified atom stereocenters. The van der Waals surface area contributed by atoms with Crippen LogP contribution in [0.2, 0.25) is 0 Å². The van der Waals surface area contributed by atoms with Crippen molar-refractivity contribution < 1.29 is 9.90 Å². The summed E-state index contributed by atoms with van der Waals surface area (Å²) in [6, 6.07) is 1.55. The number of hydrogen-bond acceptors (Lipinski definition) is 3. The fraction of sp³-hybridized carbons (Fsp3) is 0.333. The van der Waals surface area contributed by atoms with E-state index in [1.54, 1.807) is 6.20 Å². The molecule has 0 aliphatic heterocycles. The molecule has 1 heterocycles. The molecule has 0 radical (unpaired) electrons. The highest BCUT2D eigenvalue weighted by molar-refractivity contribution is 9.10. The molecular weight excluding hydrogens is 284 g/mol. The minimum absolute atomic E-state index is 0.0341. The normalized spacial score (nSPS) is 11.6. The molecule has 0 aliphatic rings. The van der Waals surface area contributed by atoms with E-state index in [0.717, 1.165) is 6.42 Å². The molecule has 4 nitrogen and oxygen atoms in total. The van der Waals surface area contributed by atoms with Gasteiger partial charge in [0.1, 0.15) is 11.4 Å². The molecule has 2 N–H and O–H groups in total. The first-order valence-electron chi connectivity index (χ1n) is 5.17. The van der Waals surface area contributed by atoms with Gasteiger partial charge in [0.25, 0.3) is 0 Å². The van der Waals surface area contributed by atoms with E-state index in [4.69, 9.17) is 11.5 Å². The van der Waals surface area contributed by atoms with Crippen molar-refractivity contribution in [1.29, 1.82) is 0 Å². The smallest absolute Gasteiger partial charge is 0.339 e. The van der Waals surface area contributed by atoms with Crippen molar-refractivity contribution in [3.63, 3.8) is 0 Å². The van der Waals surface area contributed by atoms with Gasteiger partial charge in [-0.15, -0.1) is 12.3 Å². The average molecular weight is 297 g/mol. The highest BCUT2D eigenvalue weighted by Crippen LogP contribution is 2.19. The van der Waals surface area contributed by atoms with Gasteiger partial charge in [-0.05, 0) is 28.4 Å². The molecule has 0 bridgehead atoms. The second kappa shape index (κ2) is 6.26. The molecule has 1 atom stereocenters. The largest absolute Gasteiger partial charge is 0.478 e. The zero-order valence-electron chi connectivity index (χ0n) is 9.40. The maximum absolute atomic E-state index is 11.1. The SMILES string of the molecule is C#CCC(CC)Nc1ncc(Br)cc1C(=O)O. The molecule has 0 saturated carbocycles. The van der Waals surface area contributed by atoms with Crippen LogP contribution in [0.15, 0.2) is 16.7 Å². The summed E-state index contributed by atoms with van der Waals surface area (Å²) in [4.78, 5) is 15.1. The van der Waals surface area contributed by atoms with E-state index in [-0.39, 0.29) is 11.6 Å². The van der Waals surface area contributed by atoms with Crippen LogP contribution in [0.25, 0.3) is 0 Å². The van der Waals surface area contributed by atoms with E-state index < -0.39 is 5.97 Å². The van der Waals surface area contributed by atoms with Crippen LogP contribution in [0.5, 0.6) is 0 Å². The molecular formula is C12H13BrN2O2. The second-order valence-corrected chi connectivity index (χ2v) is 4.43. The van der Waals surface area contributed by atoms with Gasteiger partial charge < -0.3 is 10.4 Å². The van der Waals surface area contributed by atoms with Crippen LogP contribution < -0.4 is 5.32 Å². The number of rotatable bonds is 5. The number of anilines is 1. The van der Waals surface area contributed by atoms with Gasteiger partial charge in [-0.2, -0.15) is 0 Å². The Morgan fingerprint density at radius 1 is 1.76 bits per heavy atom. The van der Waals surface area contributed by atoms with E-state index >= 15 is 0 Å². The molecule has 0 aromatic carbocycles. The van der Waals surface area contributed by atoms with Gasteiger partial charge in [0, 0.05) is 23.1 Å². The van der Waals surface area contributed by atoms with Gasteiger partial charge in [0.05, 0.1) is 0 Å². The van der Waals surface area contributed by atoms with E-state index in [1.807, 2.05) is 6.92 Å². The standard InChI is InChI=1S/C12H13BrN2O2/c1-3-5-9(4-2)15-11-10(12(16)17)6-8(13)7-14-11/h1,6-7,9H,4-5H2,2H3,(H,14,15)(H,16,17). The Morgan fingerprint density at radius 3 is 3.00 bits per heavy atom. The Morgan fingerprint density at radius 2 is 2.47 bits per heavy atom. The van der Waals surface area contributed by atoms with Gasteiger partial charge in [0.15, 0.2) is 0 Å². The van der Waals surface area contributed by atoms with E-state index in [2.05, 4.69) is 32.2 Å². The molecule has 90 valence electrons. The minimum atomic E-state index is -1.02. The fourth-order valence-corrected chi connectivity index (χ4v) is 1.68. The zero-order valence-corrected chi connectivity index (χ0v) is 11.0. The van der Waals surface area contributed by atoms with Gasteiger partial charge in [0.2, 0.25) is 0 Å². The van der Waals surface area contributed by atoms with E-state index in [9.17, 15) is 4.79 Å². The summed E-state index contributed by atoms with van der Waals surface area (Å²) in [7, 11) is 0. The number of nitrogens with one attached hydrogen (secondary N) is 1. The quantitative estimate of drug-likeness (QED) is 0.820. The van der Waals surface area contributed by atoms with Crippen LogP contribution in [0, 0.1) is 12.3 Å². The summed E-state index contributed by atoms with van der Waals surface area (Å²) >= 11 is 3.19. The van der Waals surface area contributed by atoms with Crippen LogP contribution in [-0.2, 0) is 0 Å². The van der Waals surface area contributed by atoms with Gasteiger partial charge in [-0.3, -0.25) is 0 Å². The molecule has 1 rings (SSSR count). The number of pyridine rings is 1. The number of nitrogens with zero attached hydrogens (tertiary/aromatic N) is 1. The fourth-order valence-electron chi connectivity index (χ4n) is 1.35. The second-order valence-electron chi connectivity index (χ2n) is 3.51. The predicted molar refractivity (Wildman–Crippen MR) is 70.0 cm³/mol. The first kappa shape index (κ1) is 13.5. The third-order valence-corrected chi connectivity index (χ3v) is 2.72. The van der Waals surface area contributed by atoms with E-state index in [0.29, 0.717) is 16.7 Å². The summed E-state index contributed by atoms with van der Waals surface area (Å²) in [5.74, 6) is 1.89. The van der Waals surface area contributed by atoms with Crippen molar-refractivity contribution in [2.45, 2.75) is 25.8 Å². The lowest BCUT2D eigenvalue weighted by Gasteiger charge is -2.16. The van der Waals surface area contributed by atoms with Crippen LogP contribution in [-0.4, -0.2) is 22.1 Å². The van der Waals surface area contributed by atoms with Gasteiger partial charge in [-0.25, -0.2) is 9.78 Å². The van der Waals surface area contributed by atoms with Crippen molar-refractivity contribution in [3.05, 3.63) is 22.3 Å². The zero-order chi connectivity index (χ0) is 12.8. The highest BCUT2D eigenvalue weighted by Gasteiger charge is 2.14. The molecule has 1 aromatic rings. The lowest BCUT2D eigenvalue weighted by atomic mass is 10.1. The first-order valence-corrected chi connectivity index (χ1v) is 5.96. The number of hydrogen-bond donors (Lipinski definition) is 2. The number of carboxylic acids is 1. The number of halogens is 1. The van der Waals surface area contributed by atoms with Gasteiger partial charge in [-0.1, -0.05) is 6.92 Å². The number of aromatic nitrogens is 1. The summed E-state index contributed by atoms with van der Waals surface area (Å²) in [6.45, 7) is 1.98. The van der Waals surface area contributed by atoms with Crippen LogP contribution in [0.4, 0.5) is 5.82 Å². The predicted octanol–water partition coefficient (Wildman–Crippen LogP) is 2.76. The van der Waals surface area contributed by atoms with Crippen molar-refractivity contribution >= 4 is 27.7 Å². The van der Waals surface area contributed by atoms with Crippen molar-refractivity contribution in [3.8, 4) is 12.3 Å². The van der Waals surface area contributed by atoms with Gasteiger partial charge >= 0.3 is 5.97 Å². The lowest BCUT2D eigenvalue weighted by molar-refractivity contribution is 0.0697. The Hall–Kier alpha value is -1.54. The molecule has 5 heteroatoms. The summed E-state index contributed by atoms with van der Waals surface area (Å²) < 4.78 is 0.630. The topological polar surface area (TPSA) is 62.2 Å². The number of carbonyl (C=O) groups is 1. The van der Waals surface area contributed by atoms with E-state index in [1.165, 1.54) is 6.07 Å². The van der Waals surface area contributed by atoms with Crippen molar-refractivity contribution in [2.24, 2.45) is 0 Å². The molecule has 0 fully saturated rings. The third-order valence-electron chi connectivity index (χ3n) is 2.28. The Balaban J connectivity index is 2.97. The third kappa shape index (κ3) is 3.75. The molecule has 1 aromatic heterocycles.